The highest BCUT2D eigenvalue weighted by molar-refractivity contribution is 6.05. The lowest BCUT2D eigenvalue weighted by Gasteiger charge is -2.12. The molecule has 6 heteroatoms. The van der Waals surface area contributed by atoms with Gasteiger partial charge in [0, 0.05) is 24.3 Å². The largest absolute Gasteiger partial charge is 0.437 e. The number of furan rings is 1. The van der Waals surface area contributed by atoms with Crippen LogP contribution in [-0.4, -0.2) is 29.2 Å². The van der Waals surface area contributed by atoms with Gasteiger partial charge in [0.25, 0.3) is 0 Å². The molecule has 3 heterocycles. The van der Waals surface area contributed by atoms with Crippen molar-refractivity contribution in [1.29, 1.82) is 5.26 Å². The zero-order chi connectivity index (χ0) is 20.3. The minimum Gasteiger partial charge on any atom is -0.437 e. The molecule has 148 valence electrons. The van der Waals surface area contributed by atoms with Gasteiger partial charge in [-0.25, -0.2) is 9.97 Å². The molecular weight excluding hydrogens is 376 g/mol. The van der Waals surface area contributed by atoms with E-state index < -0.39 is 0 Å². The summed E-state index contributed by atoms with van der Waals surface area (Å²) in [6.07, 6.45) is 3.85. The second-order valence-electron chi connectivity index (χ2n) is 7.28. The number of benzene rings is 2. The van der Waals surface area contributed by atoms with E-state index in [-0.39, 0.29) is 6.10 Å². The summed E-state index contributed by atoms with van der Waals surface area (Å²) in [5, 5.41) is 13.4. The van der Waals surface area contributed by atoms with Gasteiger partial charge in [0.05, 0.1) is 23.1 Å². The molecule has 1 atom stereocenters. The number of nitrogens with zero attached hydrogens (tertiary/aromatic N) is 3. The molecule has 0 saturated carbocycles. The second kappa shape index (κ2) is 7.97. The van der Waals surface area contributed by atoms with Crippen molar-refractivity contribution < 1.29 is 9.15 Å². The molecule has 1 unspecified atom stereocenters. The number of ether oxygens (including phenoxy) is 1. The van der Waals surface area contributed by atoms with Gasteiger partial charge in [-0.05, 0) is 42.7 Å². The summed E-state index contributed by atoms with van der Waals surface area (Å²) in [7, 11) is 0. The van der Waals surface area contributed by atoms with E-state index in [2.05, 4.69) is 21.4 Å². The summed E-state index contributed by atoms with van der Waals surface area (Å²) in [5.41, 5.74) is 3.97. The maximum absolute atomic E-state index is 9.12. The first-order chi connectivity index (χ1) is 14.8. The van der Waals surface area contributed by atoms with Crippen LogP contribution in [0.4, 0.5) is 5.82 Å². The van der Waals surface area contributed by atoms with Crippen molar-refractivity contribution in [3.63, 3.8) is 0 Å². The number of hydrogen-bond acceptors (Lipinski definition) is 6. The Hall–Kier alpha value is -3.69. The van der Waals surface area contributed by atoms with E-state index >= 15 is 0 Å². The standard InChI is InChI=1S/C24H20N4O2/c25-13-16-8-10-18(11-9-16)22-20(17-5-2-1-3-6-17)21-23(27-15-28-24(21)30-22)26-14-19-7-4-12-29-19/h1-3,5-6,8-11,15,19H,4,7,12,14H2,(H,26,27,28). The summed E-state index contributed by atoms with van der Waals surface area (Å²) in [4.78, 5) is 8.89. The van der Waals surface area contributed by atoms with Crippen LogP contribution < -0.4 is 5.32 Å². The molecule has 0 radical (unpaired) electrons. The van der Waals surface area contributed by atoms with Gasteiger partial charge in [-0.15, -0.1) is 0 Å². The average molecular weight is 396 g/mol. The number of fused-ring (bicyclic) bond motifs is 1. The number of hydrogen-bond donors (Lipinski definition) is 1. The molecular formula is C24H20N4O2. The van der Waals surface area contributed by atoms with E-state index in [0.29, 0.717) is 23.6 Å². The van der Waals surface area contributed by atoms with Crippen molar-refractivity contribution in [1.82, 2.24) is 9.97 Å². The molecule has 1 saturated heterocycles. The molecule has 1 N–H and O–H groups in total. The van der Waals surface area contributed by atoms with E-state index in [9.17, 15) is 0 Å². The molecule has 0 aliphatic carbocycles. The zero-order valence-corrected chi connectivity index (χ0v) is 16.3. The van der Waals surface area contributed by atoms with Crippen molar-refractivity contribution in [2.24, 2.45) is 0 Å². The van der Waals surface area contributed by atoms with Gasteiger partial charge in [-0.3, -0.25) is 0 Å². The molecule has 0 amide bonds. The highest BCUT2D eigenvalue weighted by atomic mass is 16.5. The summed E-state index contributed by atoms with van der Waals surface area (Å²) in [5.74, 6) is 1.44. The van der Waals surface area contributed by atoms with Gasteiger partial charge < -0.3 is 14.5 Å². The van der Waals surface area contributed by atoms with Crippen molar-refractivity contribution in [2.45, 2.75) is 18.9 Å². The highest BCUT2D eigenvalue weighted by Crippen LogP contribution is 2.42. The zero-order valence-electron chi connectivity index (χ0n) is 16.3. The molecule has 6 nitrogen and oxygen atoms in total. The smallest absolute Gasteiger partial charge is 0.232 e. The Labute approximate surface area is 174 Å². The van der Waals surface area contributed by atoms with Crippen LogP contribution in [-0.2, 0) is 4.74 Å². The number of nitrogens with one attached hydrogen (secondary N) is 1. The van der Waals surface area contributed by atoms with E-state index in [4.69, 9.17) is 14.4 Å². The van der Waals surface area contributed by atoms with E-state index in [0.717, 1.165) is 47.3 Å². The Kier molecular flexibility index (Phi) is 4.88. The maximum Gasteiger partial charge on any atom is 0.232 e. The van der Waals surface area contributed by atoms with Gasteiger partial charge in [0.1, 0.15) is 17.9 Å². The van der Waals surface area contributed by atoms with E-state index in [1.54, 1.807) is 12.1 Å². The second-order valence-corrected chi connectivity index (χ2v) is 7.28. The molecule has 2 aromatic heterocycles. The third kappa shape index (κ3) is 3.40. The molecule has 4 aromatic rings. The summed E-state index contributed by atoms with van der Waals surface area (Å²) >= 11 is 0. The van der Waals surface area contributed by atoms with Gasteiger partial charge in [0.15, 0.2) is 0 Å². The third-order valence-corrected chi connectivity index (χ3v) is 5.35. The Morgan fingerprint density at radius 1 is 1.03 bits per heavy atom. The van der Waals surface area contributed by atoms with Crippen molar-refractivity contribution in [3.05, 3.63) is 66.5 Å². The van der Waals surface area contributed by atoms with Crippen LogP contribution in [0.1, 0.15) is 18.4 Å². The monoisotopic (exact) mass is 396 g/mol. The molecule has 30 heavy (non-hydrogen) atoms. The van der Waals surface area contributed by atoms with E-state index in [1.165, 1.54) is 6.33 Å². The predicted molar refractivity (Wildman–Crippen MR) is 115 cm³/mol. The maximum atomic E-state index is 9.12. The van der Waals surface area contributed by atoms with Gasteiger partial charge >= 0.3 is 0 Å². The molecule has 1 fully saturated rings. The van der Waals surface area contributed by atoms with Crippen LogP contribution in [0.3, 0.4) is 0 Å². The fourth-order valence-electron chi connectivity index (χ4n) is 3.86. The third-order valence-electron chi connectivity index (χ3n) is 5.35. The van der Waals surface area contributed by atoms with Crippen LogP contribution in [0.25, 0.3) is 33.6 Å². The first-order valence-corrected chi connectivity index (χ1v) is 10.0. The summed E-state index contributed by atoms with van der Waals surface area (Å²) < 4.78 is 12.0. The predicted octanol–water partition coefficient (Wildman–Crippen LogP) is 5.02. The van der Waals surface area contributed by atoms with Crippen LogP contribution in [0.15, 0.2) is 65.3 Å². The fourth-order valence-corrected chi connectivity index (χ4v) is 3.86. The van der Waals surface area contributed by atoms with Gasteiger partial charge in [0.2, 0.25) is 5.71 Å². The lowest BCUT2D eigenvalue weighted by atomic mass is 9.99. The number of anilines is 1. The quantitative estimate of drug-likeness (QED) is 0.510. The first kappa shape index (κ1) is 18.3. The molecule has 5 rings (SSSR count). The van der Waals surface area contributed by atoms with Crippen molar-refractivity contribution in [2.75, 3.05) is 18.5 Å². The minimum absolute atomic E-state index is 0.195. The molecule has 1 aliphatic heterocycles. The molecule has 0 bridgehead atoms. The molecule has 0 spiro atoms. The minimum atomic E-state index is 0.195. The number of nitriles is 1. The van der Waals surface area contributed by atoms with Crippen LogP contribution in [0, 0.1) is 11.3 Å². The van der Waals surface area contributed by atoms with Crippen molar-refractivity contribution in [3.8, 4) is 28.5 Å². The SMILES string of the molecule is N#Cc1ccc(-c2oc3ncnc(NCC4CCCO4)c3c2-c2ccccc2)cc1. The molecule has 1 aliphatic rings. The van der Waals surface area contributed by atoms with Gasteiger partial charge in [-0.1, -0.05) is 30.3 Å². The van der Waals surface area contributed by atoms with Crippen molar-refractivity contribution >= 4 is 16.9 Å². The highest BCUT2D eigenvalue weighted by Gasteiger charge is 2.23. The number of aromatic nitrogens is 2. The Morgan fingerprint density at radius 2 is 1.87 bits per heavy atom. The Morgan fingerprint density at radius 3 is 2.60 bits per heavy atom. The fraction of sp³-hybridized carbons (Fsp3) is 0.208. The lowest BCUT2D eigenvalue weighted by Crippen LogP contribution is -2.19. The number of rotatable bonds is 5. The Balaban J connectivity index is 1.66. The topological polar surface area (TPSA) is 84.0 Å². The summed E-state index contributed by atoms with van der Waals surface area (Å²) in [6.45, 7) is 1.51. The van der Waals surface area contributed by atoms with Crippen LogP contribution in [0.2, 0.25) is 0 Å². The van der Waals surface area contributed by atoms with E-state index in [1.807, 2.05) is 42.5 Å². The van der Waals surface area contributed by atoms with Crippen LogP contribution in [0.5, 0.6) is 0 Å². The van der Waals surface area contributed by atoms with Gasteiger partial charge in [-0.2, -0.15) is 5.26 Å². The molecule has 2 aromatic carbocycles. The summed E-state index contributed by atoms with van der Waals surface area (Å²) in [6, 6.07) is 19.6. The normalized spacial score (nSPS) is 15.9. The first-order valence-electron chi connectivity index (χ1n) is 10.0. The van der Waals surface area contributed by atoms with Crippen LogP contribution >= 0.6 is 0 Å². The Bertz CT molecular complexity index is 1200. The lowest BCUT2D eigenvalue weighted by molar-refractivity contribution is 0.120. The average Bonchev–Trinajstić information content (AvgIpc) is 3.46.